The van der Waals surface area contributed by atoms with Crippen molar-refractivity contribution in [1.29, 1.82) is 0 Å². The van der Waals surface area contributed by atoms with E-state index in [1.165, 1.54) is 16.4 Å². The van der Waals surface area contributed by atoms with Crippen LogP contribution in [0.2, 0.25) is 0 Å². The standard InChI is InChI=1S/C15H16N4O2S/c1-11(16)14-9-17-15-13(18-14)7-8-19(15)22(20,21)10-12-5-3-2-4-6-12/h2-9,11H,10,16H2,1H3. The molecule has 1 unspecified atom stereocenters. The van der Waals surface area contributed by atoms with Crippen LogP contribution in [0.5, 0.6) is 0 Å². The number of nitrogens with zero attached hydrogens (tertiary/aromatic N) is 3. The number of hydrogen-bond acceptors (Lipinski definition) is 5. The molecule has 2 N–H and O–H groups in total. The molecule has 1 aromatic carbocycles. The number of nitrogens with two attached hydrogens (primary N) is 1. The first-order valence-electron chi connectivity index (χ1n) is 6.84. The van der Waals surface area contributed by atoms with Gasteiger partial charge in [-0.2, -0.15) is 0 Å². The van der Waals surface area contributed by atoms with Gasteiger partial charge in [0.25, 0.3) is 0 Å². The molecule has 7 heteroatoms. The van der Waals surface area contributed by atoms with E-state index in [1.54, 1.807) is 25.1 Å². The lowest BCUT2D eigenvalue weighted by molar-refractivity contribution is 0.588. The topological polar surface area (TPSA) is 90.9 Å². The first-order chi connectivity index (χ1) is 10.5. The molecule has 3 rings (SSSR count). The van der Waals surface area contributed by atoms with E-state index >= 15 is 0 Å². The molecule has 0 radical (unpaired) electrons. The molecule has 114 valence electrons. The van der Waals surface area contributed by atoms with Crippen LogP contribution in [0, 0.1) is 0 Å². The van der Waals surface area contributed by atoms with Crippen LogP contribution in [0.15, 0.2) is 48.8 Å². The van der Waals surface area contributed by atoms with E-state index in [4.69, 9.17) is 5.73 Å². The molecular weight excluding hydrogens is 300 g/mol. The zero-order chi connectivity index (χ0) is 15.7. The van der Waals surface area contributed by atoms with Crippen molar-refractivity contribution in [3.8, 4) is 0 Å². The van der Waals surface area contributed by atoms with Gasteiger partial charge in [-0.05, 0) is 18.6 Å². The molecule has 2 heterocycles. The summed E-state index contributed by atoms with van der Waals surface area (Å²) in [6.07, 6.45) is 3.00. The summed E-state index contributed by atoms with van der Waals surface area (Å²) in [5.41, 5.74) is 7.97. The van der Waals surface area contributed by atoms with Crippen LogP contribution in [0.4, 0.5) is 0 Å². The normalized spacial score (nSPS) is 13.4. The highest BCUT2D eigenvalue weighted by atomic mass is 32.2. The highest BCUT2D eigenvalue weighted by molar-refractivity contribution is 7.89. The first kappa shape index (κ1) is 14.7. The van der Waals surface area contributed by atoms with E-state index in [0.717, 1.165) is 5.56 Å². The molecule has 0 saturated heterocycles. The Morgan fingerprint density at radius 1 is 1.23 bits per heavy atom. The third-order valence-corrected chi connectivity index (χ3v) is 4.92. The predicted octanol–water partition coefficient (Wildman–Crippen LogP) is 1.83. The molecule has 0 saturated carbocycles. The van der Waals surface area contributed by atoms with Crippen LogP contribution in [-0.4, -0.2) is 22.4 Å². The van der Waals surface area contributed by atoms with Gasteiger partial charge in [0, 0.05) is 12.2 Å². The number of hydrogen-bond donors (Lipinski definition) is 1. The summed E-state index contributed by atoms with van der Waals surface area (Å²) >= 11 is 0. The van der Waals surface area contributed by atoms with Gasteiger partial charge >= 0.3 is 0 Å². The average Bonchev–Trinajstić information content (AvgIpc) is 2.91. The van der Waals surface area contributed by atoms with Crippen molar-refractivity contribution in [3.63, 3.8) is 0 Å². The fourth-order valence-electron chi connectivity index (χ4n) is 2.20. The molecule has 0 spiro atoms. The van der Waals surface area contributed by atoms with Crippen LogP contribution in [0.3, 0.4) is 0 Å². The van der Waals surface area contributed by atoms with Crippen LogP contribution in [-0.2, 0) is 15.8 Å². The van der Waals surface area contributed by atoms with Crippen molar-refractivity contribution in [2.24, 2.45) is 5.73 Å². The molecule has 3 aromatic rings. The Morgan fingerprint density at radius 3 is 2.64 bits per heavy atom. The largest absolute Gasteiger partial charge is 0.323 e. The molecule has 0 fully saturated rings. The Bertz CT molecular complexity index is 902. The second kappa shape index (κ2) is 5.51. The molecule has 0 bridgehead atoms. The van der Waals surface area contributed by atoms with Crippen molar-refractivity contribution in [2.75, 3.05) is 0 Å². The first-order valence-corrected chi connectivity index (χ1v) is 8.45. The minimum Gasteiger partial charge on any atom is -0.323 e. The van der Waals surface area contributed by atoms with Gasteiger partial charge in [-0.25, -0.2) is 22.4 Å². The molecule has 0 aliphatic rings. The van der Waals surface area contributed by atoms with E-state index in [-0.39, 0.29) is 11.8 Å². The third-order valence-electron chi connectivity index (χ3n) is 3.33. The Balaban J connectivity index is 2.02. The van der Waals surface area contributed by atoms with Gasteiger partial charge in [0.2, 0.25) is 10.0 Å². The van der Waals surface area contributed by atoms with Crippen LogP contribution >= 0.6 is 0 Å². The van der Waals surface area contributed by atoms with Gasteiger partial charge in [0.05, 0.1) is 17.6 Å². The average molecular weight is 316 g/mol. The Kier molecular flexibility index (Phi) is 3.67. The van der Waals surface area contributed by atoms with E-state index in [0.29, 0.717) is 16.9 Å². The summed E-state index contributed by atoms with van der Waals surface area (Å²) in [4.78, 5) is 8.55. The fraction of sp³-hybridized carbons (Fsp3) is 0.200. The number of benzene rings is 1. The lowest BCUT2D eigenvalue weighted by Crippen LogP contribution is -2.15. The van der Waals surface area contributed by atoms with Gasteiger partial charge in [-0.15, -0.1) is 0 Å². The minimum atomic E-state index is -3.55. The molecule has 22 heavy (non-hydrogen) atoms. The Labute approximate surface area is 128 Å². The molecule has 0 amide bonds. The molecule has 2 aromatic heterocycles. The van der Waals surface area contributed by atoms with Gasteiger partial charge in [0.1, 0.15) is 5.52 Å². The van der Waals surface area contributed by atoms with E-state index < -0.39 is 10.0 Å². The summed E-state index contributed by atoms with van der Waals surface area (Å²) in [6.45, 7) is 1.80. The lowest BCUT2D eigenvalue weighted by atomic mass is 10.2. The summed E-state index contributed by atoms with van der Waals surface area (Å²) < 4.78 is 26.3. The molecule has 0 aliphatic heterocycles. The minimum absolute atomic E-state index is 0.0889. The predicted molar refractivity (Wildman–Crippen MR) is 84.6 cm³/mol. The van der Waals surface area contributed by atoms with Gasteiger partial charge < -0.3 is 5.73 Å². The number of fused-ring (bicyclic) bond motifs is 1. The second-order valence-electron chi connectivity index (χ2n) is 5.15. The maximum absolute atomic E-state index is 12.6. The monoisotopic (exact) mass is 316 g/mol. The van der Waals surface area contributed by atoms with Crippen molar-refractivity contribution < 1.29 is 8.42 Å². The Morgan fingerprint density at radius 2 is 1.95 bits per heavy atom. The van der Waals surface area contributed by atoms with Gasteiger partial charge in [0.15, 0.2) is 5.65 Å². The van der Waals surface area contributed by atoms with Crippen molar-refractivity contribution in [1.82, 2.24) is 13.9 Å². The highest BCUT2D eigenvalue weighted by Crippen LogP contribution is 2.18. The van der Waals surface area contributed by atoms with E-state index in [2.05, 4.69) is 9.97 Å². The number of aromatic nitrogens is 3. The lowest BCUT2D eigenvalue weighted by Gasteiger charge is -2.08. The maximum Gasteiger partial charge on any atom is 0.244 e. The second-order valence-corrected chi connectivity index (χ2v) is 6.99. The summed E-state index contributed by atoms with van der Waals surface area (Å²) in [5.74, 6) is -0.0889. The Hall–Kier alpha value is -2.25. The van der Waals surface area contributed by atoms with Gasteiger partial charge in [-0.1, -0.05) is 30.3 Å². The third kappa shape index (κ3) is 2.72. The highest BCUT2D eigenvalue weighted by Gasteiger charge is 2.18. The smallest absolute Gasteiger partial charge is 0.244 e. The summed E-state index contributed by atoms with van der Waals surface area (Å²) in [5, 5.41) is 0. The maximum atomic E-state index is 12.6. The van der Waals surface area contributed by atoms with E-state index in [1.807, 2.05) is 18.2 Å². The zero-order valence-corrected chi connectivity index (χ0v) is 12.9. The molecule has 0 aliphatic carbocycles. The fourth-order valence-corrected chi connectivity index (χ4v) is 3.60. The molecule has 1 atom stereocenters. The van der Waals surface area contributed by atoms with Crippen LogP contribution in [0.1, 0.15) is 24.2 Å². The van der Waals surface area contributed by atoms with E-state index in [9.17, 15) is 8.42 Å². The SMILES string of the molecule is CC(N)c1cnc2c(ccn2S(=O)(=O)Cc2ccccc2)n1. The molecule has 6 nitrogen and oxygen atoms in total. The summed E-state index contributed by atoms with van der Waals surface area (Å²) in [6, 6.07) is 10.4. The summed E-state index contributed by atoms with van der Waals surface area (Å²) in [7, 11) is -3.55. The van der Waals surface area contributed by atoms with Gasteiger partial charge in [-0.3, -0.25) is 0 Å². The number of rotatable bonds is 4. The van der Waals surface area contributed by atoms with Crippen molar-refractivity contribution in [3.05, 3.63) is 60.0 Å². The quantitative estimate of drug-likeness (QED) is 0.793. The van der Waals surface area contributed by atoms with Crippen molar-refractivity contribution in [2.45, 2.75) is 18.7 Å². The molecular formula is C15H16N4O2S. The van der Waals surface area contributed by atoms with Crippen LogP contribution in [0.25, 0.3) is 11.2 Å². The van der Waals surface area contributed by atoms with Crippen LogP contribution < -0.4 is 5.73 Å². The van der Waals surface area contributed by atoms with Crippen molar-refractivity contribution >= 4 is 21.2 Å². The zero-order valence-electron chi connectivity index (χ0n) is 12.0.